The van der Waals surface area contributed by atoms with Gasteiger partial charge >= 0.3 is 0 Å². The molecule has 1 atom stereocenters. The molecule has 1 aliphatic heterocycles. The van der Waals surface area contributed by atoms with E-state index in [2.05, 4.69) is 25.7 Å². The number of aliphatic imine (C=N–C) groups is 1. The lowest BCUT2D eigenvalue weighted by molar-refractivity contribution is 0.397. The van der Waals surface area contributed by atoms with E-state index in [1.807, 2.05) is 17.9 Å². The molecule has 3 rings (SSSR count). The molecule has 2 N–H and O–H groups in total. The van der Waals surface area contributed by atoms with Crippen LogP contribution in [-0.4, -0.2) is 34.0 Å². The Kier molecular flexibility index (Phi) is 5.57. The minimum Gasteiger partial charge on any atom is -0.352 e. The van der Waals surface area contributed by atoms with Crippen molar-refractivity contribution in [2.75, 3.05) is 13.3 Å². The van der Waals surface area contributed by atoms with E-state index in [9.17, 15) is 4.39 Å². The standard InChI is InChI=1S/C17H23FN6S/c1-11-21-16-14(5-4-8-24(16)23-11)22-17(19-2)20-10-12-9-13(18)6-7-15(12)25-3/h6-7,9,14H,4-5,8,10H2,1-3H3,(H2,19,20,22). The Morgan fingerprint density at radius 3 is 3.08 bits per heavy atom. The van der Waals surface area contributed by atoms with Crippen LogP contribution in [0.4, 0.5) is 4.39 Å². The van der Waals surface area contributed by atoms with E-state index in [1.54, 1.807) is 30.9 Å². The van der Waals surface area contributed by atoms with Crippen molar-refractivity contribution < 1.29 is 4.39 Å². The predicted molar refractivity (Wildman–Crippen MR) is 98.2 cm³/mol. The van der Waals surface area contributed by atoms with E-state index in [1.165, 1.54) is 6.07 Å². The van der Waals surface area contributed by atoms with Gasteiger partial charge in [0.1, 0.15) is 17.5 Å². The van der Waals surface area contributed by atoms with Crippen LogP contribution >= 0.6 is 11.8 Å². The first-order chi connectivity index (χ1) is 12.1. The molecule has 134 valence electrons. The summed E-state index contributed by atoms with van der Waals surface area (Å²) in [6.45, 7) is 3.32. The Hall–Kier alpha value is -2.09. The molecular weight excluding hydrogens is 339 g/mol. The molecule has 2 aromatic rings. The van der Waals surface area contributed by atoms with Gasteiger partial charge in [-0.1, -0.05) is 0 Å². The molecule has 0 fully saturated rings. The van der Waals surface area contributed by atoms with Gasteiger partial charge in [-0.2, -0.15) is 5.10 Å². The van der Waals surface area contributed by atoms with Crippen molar-refractivity contribution in [2.45, 2.75) is 43.8 Å². The minimum atomic E-state index is -0.228. The average molecular weight is 362 g/mol. The van der Waals surface area contributed by atoms with Gasteiger partial charge in [0, 0.05) is 25.0 Å². The predicted octanol–water partition coefficient (Wildman–Crippen LogP) is 2.65. The number of rotatable bonds is 4. The second-order valence-electron chi connectivity index (χ2n) is 5.96. The number of nitrogens with one attached hydrogen (secondary N) is 2. The lowest BCUT2D eigenvalue weighted by Gasteiger charge is -2.25. The van der Waals surface area contributed by atoms with Crippen LogP contribution in [0.2, 0.25) is 0 Å². The van der Waals surface area contributed by atoms with Crippen LogP contribution in [0.15, 0.2) is 28.1 Å². The van der Waals surface area contributed by atoms with Gasteiger partial charge in [0.25, 0.3) is 0 Å². The van der Waals surface area contributed by atoms with Crippen molar-refractivity contribution in [2.24, 2.45) is 4.99 Å². The van der Waals surface area contributed by atoms with Crippen LogP contribution in [0.5, 0.6) is 0 Å². The quantitative estimate of drug-likeness (QED) is 0.497. The maximum absolute atomic E-state index is 13.5. The maximum atomic E-state index is 13.5. The van der Waals surface area contributed by atoms with Gasteiger partial charge in [-0.05, 0) is 49.8 Å². The number of halogens is 1. The summed E-state index contributed by atoms with van der Waals surface area (Å²) in [7, 11) is 1.73. The monoisotopic (exact) mass is 362 g/mol. The third-order valence-corrected chi connectivity index (χ3v) is 5.04. The van der Waals surface area contributed by atoms with Crippen LogP contribution in [-0.2, 0) is 13.1 Å². The van der Waals surface area contributed by atoms with Crippen LogP contribution in [0.3, 0.4) is 0 Å². The molecule has 0 radical (unpaired) electrons. The number of aromatic nitrogens is 3. The third kappa shape index (κ3) is 4.12. The minimum absolute atomic E-state index is 0.0775. The van der Waals surface area contributed by atoms with E-state index in [4.69, 9.17) is 0 Å². The van der Waals surface area contributed by atoms with Crippen molar-refractivity contribution in [3.63, 3.8) is 0 Å². The summed E-state index contributed by atoms with van der Waals surface area (Å²) in [5, 5.41) is 11.1. The molecule has 1 aliphatic rings. The van der Waals surface area contributed by atoms with E-state index in [0.717, 1.165) is 41.5 Å². The number of hydrogen-bond acceptors (Lipinski definition) is 4. The molecular formula is C17H23FN6S. The van der Waals surface area contributed by atoms with Gasteiger partial charge in [0.05, 0.1) is 6.04 Å². The molecule has 6 nitrogen and oxygen atoms in total. The van der Waals surface area contributed by atoms with Crippen LogP contribution in [0, 0.1) is 12.7 Å². The number of benzene rings is 1. The lowest BCUT2D eigenvalue weighted by Crippen LogP contribution is -2.41. The average Bonchev–Trinajstić information content (AvgIpc) is 2.99. The Morgan fingerprint density at radius 1 is 1.48 bits per heavy atom. The van der Waals surface area contributed by atoms with Gasteiger partial charge in [0.2, 0.25) is 0 Å². The van der Waals surface area contributed by atoms with Gasteiger partial charge in [-0.3, -0.25) is 4.99 Å². The van der Waals surface area contributed by atoms with Crippen LogP contribution in [0.1, 0.15) is 36.1 Å². The largest absolute Gasteiger partial charge is 0.352 e. The summed E-state index contributed by atoms with van der Waals surface area (Å²) in [5.74, 6) is 2.18. The number of hydrogen-bond donors (Lipinski definition) is 2. The number of aryl methyl sites for hydroxylation is 2. The van der Waals surface area contributed by atoms with E-state index in [0.29, 0.717) is 12.5 Å². The zero-order valence-electron chi connectivity index (χ0n) is 14.7. The number of fused-ring (bicyclic) bond motifs is 1. The van der Waals surface area contributed by atoms with Gasteiger partial charge in [-0.15, -0.1) is 11.8 Å². The zero-order valence-corrected chi connectivity index (χ0v) is 15.5. The normalized spacial score (nSPS) is 17.3. The number of thioether (sulfide) groups is 1. The SMILES string of the molecule is CN=C(NCc1cc(F)ccc1SC)NC1CCCn2nc(C)nc21. The first kappa shape index (κ1) is 17.7. The lowest BCUT2D eigenvalue weighted by atomic mass is 10.1. The van der Waals surface area contributed by atoms with Gasteiger partial charge in [-0.25, -0.2) is 14.1 Å². The molecule has 0 aliphatic carbocycles. The maximum Gasteiger partial charge on any atom is 0.191 e. The number of guanidine groups is 1. The second kappa shape index (κ2) is 7.86. The smallest absolute Gasteiger partial charge is 0.191 e. The third-order valence-electron chi connectivity index (χ3n) is 4.20. The Morgan fingerprint density at radius 2 is 2.32 bits per heavy atom. The molecule has 0 saturated carbocycles. The highest BCUT2D eigenvalue weighted by atomic mass is 32.2. The number of nitrogens with zero attached hydrogens (tertiary/aromatic N) is 4. The van der Waals surface area contributed by atoms with Crippen molar-refractivity contribution in [3.8, 4) is 0 Å². The molecule has 1 aromatic carbocycles. The molecule has 25 heavy (non-hydrogen) atoms. The molecule has 8 heteroatoms. The summed E-state index contributed by atoms with van der Waals surface area (Å²) < 4.78 is 15.5. The molecule has 0 saturated heterocycles. The highest BCUT2D eigenvalue weighted by Crippen LogP contribution is 2.23. The highest BCUT2D eigenvalue weighted by molar-refractivity contribution is 7.98. The molecule has 0 spiro atoms. The highest BCUT2D eigenvalue weighted by Gasteiger charge is 2.24. The fourth-order valence-electron chi connectivity index (χ4n) is 3.03. The van der Waals surface area contributed by atoms with Crippen molar-refractivity contribution in [3.05, 3.63) is 41.2 Å². The van der Waals surface area contributed by atoms with Gasteiger partial charge < -0.3 is 10.6 Å². The van der Waals surface area contributed by atoms with Crippen molar-refractivity contribution in [1.29, 1.82) is 0 Å². The summed E-state index contributed by atoms with van der Waals surface area (Å²) in [4.78, 5) is 9.88. The fraction of sp³-hybridized carbons (Fsp3) is 0.471. The zero-order chi connectivity index (χ0) is 17.8. The molecule has 1 unspecified atom stereocenters. The van der Waals surface area contributed by atoms with E-state index in [-0.39, 0.29) is 11.9 Å². The van der Waals surface area contributed by atoms with Crippen molar-refractivity contribution in [1.82, 2.24) is 25.4 Å². The second-order valence-corrected chi connectivity index (χ2v) is 6.81. The van der Waals surface area contributed by atoms with E-state index < -0.39 is 0 Å². The van der Waals surface area contributed by atoms with E-state index >= 15 is 0 Å². The Labute approximate surface area is 151 Å². The topological polar surface area (TPSA) is 67.1 Å². The van der Waals surface area contributed by atoms with Crippen LogP contribution < -0.4 is 10.6 Å². The molecule has 1 aromatic heterocycles. The summed E-state index contributed by atoms with van der Waals surface area (Å²) in [5.41, 5.74) is 0.915. The first-order valence-corrected chi connectivity index (χ1v) is 9.54. The Balaban J connectivity index is 1.68. The first-order valence-electron chi connectivity index (χ1n) is 8.31. The summed E-state index contributed by atoms with van der Waals surface area (Å²) in [6, 6.07) is 4.93. The fourth-order valence-corrected chi connectivity index (χ4v) is 3.63. The summed E-state index contributed by atoms with van der Waals surface area (Å²) in [6.07, 6.45) is 4.01. The molecule has 0 amide bonds. The van der Waals surface area contributed by atoms with Crippen molar-refractivity contribution >= 4 is 17.7 Å². The molecule has 0 bridgehead atoms. The summed E-state index contributed by atoms with van der Waals surface area (Å²) >= 11 is 1.60. The molecule has 2 heterocycles. The Bertz CT molecular complexity index is 772. The van der Waals surface area contributed by atoms with Gasteiger partial charge in [0.15, 0.2) is 5.96 Å². The van der Waals surface area contributed by atoms with Crippen LogP contribution in [0.25, 0.3) is 0 Å².